The highest BCUT2D eigenvalue weighted by atomic mass is 79.9. The second-order valence-corrected chi connectivity index (χ2v) is 7.25. The predicted octanol–water partition coefficient (Wildman–Crippen LogP) is 3.07. The topological polar surface area (TPSA) is 111 Å². The first-order valence-corrected chi connectivity index (χ1v) is 9.33. The molecule has 0 unspecified atom stereocenters. The van der Waals surface area contributed by atoms with Gasteiger partial charge in [0.25, 0.3) is 15.7 Å². The highest BCUT2D eigenvalue weighted by molar-refractivity contribution is 9.10. The fraction of sp³-hybridized carbons (Fsp3) is 0.133. The summed E-state index contributed by atoms with van der Waals surface area (Å²) in [4.78, 5) is 11.8. The van der Waals surface area contributed by atoms with Gasteiger partial charge in [0, 0.05) is 12.1 Å². The van der Waals surface area contributed by atoms with Crippen LogP contribution >= 0.6 is 15.9 Å². The lowest BCUT2D eigenvalue weighted by molar-refractivity contribution is -0.385. The fourth-order valence-electron chi connectivity index (χ4n) is 1.86. The van der Waals surface area contributed by atoms with Crippen LogP contribution in [0.3, 0.4) is 0 Å². The van der Waals surface area contributed by atoms with E-state index in [0.717, 1.165) is 6.07 Å². The minimum Gasteiger partial charge on any atom is -0.493 e. The van der Waals surface area contributed by atoms with E-state index >= 15 is 0 Å². The molecule has 0 heterocycles. The predicted molar refractivity (Wildman–Crippen MR) is 96.3 cm³/mol. The van der Waals surface area contributed by atoms with Gasteiger partial charge < -0.3 is 4.74 Å². The molecule has 2 aromatic carbocycles. The molecule has 0 aliphatic carbocycles. The third-order valence-electron chi connectivity index (χ3n) is 2.98. The Labute approximate surface area is 152 Å². The van der Waals surface area contributed by atoms with Crippen LogP contribution in [0.25, 0.3) is 0 Å². The number of nitrogens with one attached hydrogen (secondary N) is 1. The van der Waals surface area contributed by atoms with E-state index in [-0.39, 0.29) is 10.6 Å². The van der Waals surface area contributed by atoms with Crippen LogP contribution in [0.15, 0.2) is 56.9 Å². The summed E-state index contributed by atoms with van der Waals surface area (Å²) in [5.41, 5.74) is 0.319. The summed E-state index contributed by atoms with van der Waals surface area (Å²) in [5, 5.41) is 14.4. The summed E-state index contributed by atoms with van der Waals surface area (Å²) in [6, 6.07) is 9.87. The lowest BCUT2D eigenvalue weighted by Gasteiger charge is -2.06. The summed E-state index contributed by atoms with van der Waals surface area (Å²) in [5.74, 6) is 0.664. The molecule has 0 spiro atoms. The van der Waals surface area contributed by atoms with Gasteiger partial charge in [0.05, 0.1) is 27.1 Å². The van der Waals surface area contributed by atoms with Crippen molar-refractivity contribution in [2.75, 3.05) is 6.61 Å². The fourth-order valence-corrected chi connectivity index (χ4v) is 3.20. The van der Waals surface area contributed by atoms with Crippen molar-refractivity contribution in [2.45, 2.75) is 11.8 Å². The molecule has 8 nitrogen and oxygen atoms in total. The number of hydrogen-bond acceptors (Lipinski definition) is 6. The van der Waals surface area contributed by atoms with E-state index in [9.17, 15) is 18.5 Å². The number of sulfonamides is 1. The lowest BCUT2D eigenvalue weighted by atomic mass is 10.2. The Balaban J connectivity index is 2.14. The summed E-state index contributed by atoms with van der Waals surface area (Å²) < 4.78 is 30.3. The molecule has 0 amide bonds. The van der Waals surface area contributed by atoms with Gasteiger partial charge in [-0.25, -0.2) is 4.83 Å². The largest absolute Gasteiger partial charge is 0.493 e. The lowest BCUT2D eigenvalue weighted by Crippen LogP contribution is -2.18. The molecule has 0 saturated heterocycles. The van der Waals surface area contributed by atoms with E-state index in [4.69, 9.17) is 4.74 Å². The second-order valence-electron chi connectivity index (χ2n) is 4.73. The standard InChI is InChI=1S/C15H14BrN3O5S/c1-2-24-15-7-6-11(8-14(15)16)10-17-18-25(22,23)13-5-3-4-12(9-13)19(20)21/h3-10,18H,2H2,1H3/b17-10+. The SMILES string of the molecule is CCOc1ccc(/C=N/NS(=O)(=O)c2cccc([N+](=O)[O-])c2)cc1Br. The average molecular weight is 428 g/mol. The minimum absolute atomic E-state index is 0.244. The highest BCUT2D eigenvalue weighted by Crippen LogP contribution is 2.25. The Morgan fingerprint density at radius 1 is 1.32 bits per heavy atom. The maximum atomic E-state index is 12.1. The molecule has 0 aliphatic rings. The van der Waals surface area contributed by atoms with Crippen LogP contribution < -0.4 is 9.57 Å². The number of nitro benzene ring substituents is 1. The summed E-state index contributed by atoms with van der Waals surface area (Å²) in [6.45, 7) is 2.39. The van der Waals surface area contributed by atoms with Gasteiger partial charge >= 0.3 is 0 Å². The number of hydrazone groups is 1. The minimum atomic E-state index is -4.00. The van der Waals surface area contributed by atoms with E-state index in [0.29, 0.717) is 22.4 Å². The molecule has 0 aromatic heterocycles. The van der Waals surface area contributed by atoms with Gasteiger partial charge in [0.15, 0.2) is 0 Å². The Hall–Kier alpha value is -2.46. The van der Waals surface area contributed by atoms with Crippen molar-refractivity contribution in [3.05, 3.63) is 62.6 Å². The number of hydrogen-bond donors (Lipinski definition) is 1. The van der Waals surface area contributed by atoms with Gasteiger partial charge in [0.2, 0.25) is 0 Å². The molecule has 0 atom stereocenters. The Kier molecular flexibility index (Phi) is 6.10. The first-order valence-electron chi connectivity index (χ1n) is 7.05. The van der Waals surface area contributed by atoms with Crippen molar-refractivity contribution in [3.63, 3.8) is 0 Å². The smallest absolute Gasteiger partial charge is 0.276 e. The summed E-state index contributed by atoms with van der Waals surface area (Å²) >= 11 is 3.35. The Morgan fingerprint density at radius 2 is 2.08 bits per heavy atom. The average Bonchev–Trinajstić information content (AvgIpc) is 2.57. The highest BCUT2D eigenvalue weighted by Gasteiger charge is 2.16. The zero-order valence-electron chi connectivity index (χ0n) is 13.0. The van der Waals surface area contributed by atoms with E-state index in [1.54, 1.807) is 18.2 Å². The first-order chi connectivity index (χ1) is 11.8. The number of nitrogens with zero attached hydrogens (tertiary/aromatic N) is 2. The number of halogens is 1. The first kappa shape index (κ1) is 18.9. The molecule has 0 bridgehead atoms. The van der Waals surface area contributed by atoms with Crippen LogP contribution in [0.5, 0.6) is 5.75 Å². The molecule has 0 saturated carbocycles. The van der Waals surface area contributed by atoms with E-state index < -0.39 is 14.9 Å². The summed E-state index contributed by atoms with van der Waals surface area (Å²) in [7, 11) is -4.00. The number of benzene rings is 2. The number of nitro groups is 1. The Bertz CT molecular complexity index is 915. The summed E-state index contributed by atoms with van der Waals surface area (Å²) in [6.07, 6.45) is 1.31. The van der Waals surface area contributed by atoms with Crippen LogP contribution in [-0.4, -0.2) is 26.2 Å². The number of rotatable bonds is 7. The van der Waals surface area contributed by atoms with Gasteiger partial charge in [-0.05, 0) is 52.7 Å². The maximum Gasteiger partial charge on any atom is 0.276 e. The third-order valence-corrected chi connectivity index (χ3v) is 4.82. The van der Waals surface area contributed by atoms with Gasteiger partial charge in [0.1, 0.15) is 5.75 Å². The van der Waals surface area contributed by atoms with E-state index in [1.807, 2.05) is 11.8 Å². The molecular formula is C15H14BrN3O5S. The molecule has 25 heavy (non-hydrogen) atoms. The van der Waals surface area contributed by atoms with Gasteiger partial charge in [-0.3, -0.25) is 10.1 Å². The van der Waals surface area contributed by atoms with Crippen LogP contribution in [0.1, 0.15) is 12.5 Å². The third kappa shape index (κ3) is 5.00. The van der Waals surface area contributed by atoms with E-state index in [2.05, 4.69) is 21.0 Å². The van der Waals surface area contributed by atoms with Crippen LogP contribution in [0, 0.1) is 10.1 Å². The van der Waals surface area contributed by atoms with Crippen LogP contribution in [0.4, 0.5) is 5.69 Å². The zero-order chi connectivity index (χ0) is 18.4. The molecule has 10 heteroatoms. The Morgan fingerprint density at radius 3 is 2.72 bits per heavy atom. The molecule has 2 aromatic rings. The van der Waals surface area contributed by atoms with Crippen molar-refractivity contribution in [2.24, 2.45) is 5.10 Å². The van der Waals surface area contributed by atoms with Gasteiger partial charge in [-0.1, -0.05) is 6.07 Å². The van der Waals surface area contributed by atoms with Gasteiger partial charge in [-0.2, -0.15) is 13.5 Å². The quantitative estimate of drug-likeness (QED) is 0.414. The molecule has 0 fully saturated rings. The molecule has 0 radical (unpaired) electrons. The van der Waals surface area contributed by atoms with E-state index in [1.165, 1.54) is 24.4 Å². The number of non-ortho nitro benzene ring substituents is 1. The molecular weight excluding hydrogens is 414 g/mol. The number of ether oxygens (including phenoxy) is 1. The van der Waals surface area contributed by atoms with Crippen LogP contribution in [-0.2, 0) is 10.0 Å². The van der Waals surface area contributed by atoms with Crippen LogP contribution in [0.2, 0.25) is 0 Å². The molecule has 2 rings (SSSR count). The maximum absolute atomic E-state index is 12.1. The molecule has 0 aliphatic heterocycles. The van der Waals surface area contributed by atoms with Crippen molar-refractivity contribution in [1.29, 1.82) is 0 Å². The van der Waals surface area contributed by atoms with Crippen molar-refractivity contribution in [1.82, 2.24) is 4.83 Å². The second kappa shape index (κ2) is 8.08. The monoisotopic (exact) mass is 427 g/mol. The zero-order valence-corrected chi connectivity index (χ0v) is 15.5. The molecule has 132 valence electrons. The normalized spacial score (nSPS) is 11.4. The van der Waals surface area contributed by atoms with Crippen molar-refractivity contribution in [3.8, 4) is 5.75 Å². The van der Waals surface area contributed by atoms with Crippen molar-refractivity contribution >= 4 is 37.9 Å². The van der Waals surface area contributed by atoms with Gasteiger partial charge in [-0.15, -0.1) is 0 Å². The molecule has 1 N–H and O–H groups in total. The van der Waals surface area contributed by atoms with Crippen molar-refractivity contribution < 1.29 is 18.1 Å².